The summed E-state index contributed by atoms with van der Waals surface area (Å²) in [6.45, 7) is 46.9. The van der Waals surface area contributed by atoms with E-state index in [4.69, 9.17) is 0 Å². The number of hydrogen-bond donors (Lipinski definition) is 0. The standard InChI is InChI=1S/C85H90B2N4S/c1-79(2,3)51-27-37-57(38-28-51)88-66-23-21-25-68-73(66)86(77-75(90(68)59-41-31-53(32-42-59)81(7,8)9)61-47-55(83(13,14)15)35-45-63(61)85(77,19)20)64-49-65-71(50-70(64)88)89(58-39-29-52(30-40-58)80(4,5)6)67-24-22-26-69-74(67)87(65)78-76(62-48-56(84(16,17)18)36-46-72(62)92-78)91(69)60-43-33-54(34-44-60)82(10,11)12/h21-50H,1-20H3. The fourth-order valence-electron chi connectivity index (χ4n) is 15.9. The van der Waals surface area contributed by atoms with Crippen molar-refractivity contribution in [2.24, 2.45) is 0 Å². The Labute approximate surface area is 554 Å². The average Bonchev–Trinajstić information content (AvgIpc) is 1.32. The van der Waals surface area contributed by atoms with Gasteiger partial charge in [0.1, 0.15) is 0 Å². The second-order valence-electron chi connectivity index (χ2n) is 34.0. The second-order valence-corrected chi connectivity index (χ2v) is 35.0. The lowest BCUT2D eigenvalue weighted by Crippen LogP contribution is -2.63. The molecule has 4 nitrogen and oxygen atoms in total. The number of anilines is 11. The Hall–Kier alpha value is -7.99. The van der Waals surface area contributed by atoms with Gasteiger partial charge in [-0.1, -0.05) is 229 Å². The zero-order chi connectivity index (χ0) is 65.1. The monoisotopic (exact) mass is 1220 g/mol. The van der Waals surface area contributed by atoms with Crippen LogP contribution in [0.3, 0.4) is 0 Å². The molecule has 7 heteroatoms. The van der Waals surface area contributed by atoms with Gasteiger partial charge in [0, 0.05) is 88.4 Å². The van der Waals surface area contributed by atoms with Crippen LogP contribution >= 0.6 is 11.3 Å². The van der Waals surface area contributed by atoms with E-state index in [1.54, 1.807) is 0 Å². The molecule has 462 valence electrons. The van der Waals surface area contributed by atoms with Crippen LogP contribution in [0.25, 0.3) is 15.8 Å². The third kappa shape index (κ3) is 9.19. The molecule has 0 amide bonds. The van der Waals surface area contributed by atoms with Crippen molar-refractivity contribution in [3.05, 3.63) is 232 Å². The molecule has 1 aromatic heterocycles. The average molecular weight is 1220 g/mol. The van der Waals surface area contributed by atoms with Crippen LogP contribution in [0, 0.1) is 0 Å². The van der Waals surface area contributed by atoms with Gasteiger partial charge in [0.25, 0.3) is 6.71 Å². The van der Waals surface area contributed by atoms with Crippen molar-refractivity contribution in [3.63, 3.8) is 0 Å². The maximum Gasteiger partial charge on any atom is 0.264 e. The van der Waals surface area contributed by atoms with E-state index < -0.39 is 0 Å². The first-order valence-electron chi connectivity index (χ1n) is 33.7. The van der Waals surface area contributed by atoms with Crippen molar-refractivity contribution in [2.75, 3.05) is 19.6 Å². The van der Waals surface area contributed by atoms with Gasteiger partial charge in [-0.15, -0.1) is 11.3 Å². The molecule has 92 heavy (non-hydrogen) atoms. The summed E-state index contributed by atoms with van der Waals surface area (Å²) in [7, 11) is 0. The third-order valence-corrected chi connectivity index (χ3v) is 22.4. The van der Waals surface area contributed by atoms with E-state index in [9.17, 15) is 0 Å². The van der Waals surface area contributed by atoms with Crippen molar-refractivity contribution in [1.82, 2.24) is 0 Å². The fourth-order valence-corrected chi connectivity index (χ4v) is 17.2. The SMILES string of the molecule is CC(C)(C)c1ccc(N2C3=C(B4c5cc6c(cc5N(c5ccc(C(C)(C)C)cc5)c5cccc2c54)N(c2ccc(C(C)(C)C)cc2)c2cccc4c2B6c2sc5ccc(C(C)(C)C)cc5c2N4c2ccc(C(C)(C)C)cc2)C(C)(C)c2ccc(C(C)(C)C)cc23)cc1. The second kappa shape index (κ2) is 20.0. The maximum absolute atomic E-state index is 2.74. The summed E-state index contributed by atoms with van der Waals surface area (Å²) < 4.78 is 2.70. The minimum Gasteiger partial charge on any atom is -0.311 e. The van der Waals surface area contributed by atoms with Gasteiger partial charge in [0.2, 0.25) is 6.71 Å². The van der Waals surface area contributed by atoms with Crippen LogP contribution in [0.15, 0.2) is 187 Å². The molecule has 0 bridgehead atoms. The van der Waals surface area contributed by atoms with Crippen molar-refractivity contribution in [1.29, 1.82) is 0 Å². The molecule has 0 N–H and O–H groups in total. The van der Waals surface area contributed by atoms with Crippen LogP contribution in [-0.2, 0) is 37.9 Å². The lowest BCUT2D eigenvalue weighted by atomic mass is 9.29. The number of fused-ring (bicyclic) bond motifs is 11. The molecule has 5 aliphatic rings. The van der Waals surface area contributed by atoms with Gasteiger partial charge < -0.3 is 19.6 Å². The predicted octanol–water partition coefficient (Wildman–Crippen LogP) is 20.6. The molecular formula is C85H90B2N4S. The van der Waals surface area contributed by atoms with Crippen LogP contribution in [0.2, 0.25) is 0 Å². The molecule has 10 aromatic rings. The van der Waals surface area contributed by atoms with Gasteiger partial charge in [-0.3, -0.25) is 0 Å². The Morgan fingerprint density at radius 2 is 0.696 bits per heavy atom. The number of benzene rings is 9. The van der Waals surface area contributed by atoms with Crippen LogP contribution in [0.5, 0.6) is 0 Å². The van der Waals surface area contributed by atoms with E-state index in [0.29, 0.717) is 0 Å². The molecular weight excluding hydrogens is 1130 g/mol. The highest BCUT2D eigenvalue weighted by atomic mass is 32.1. The number of rotatable bonds is 4. The normalized spacial score (nSPS) is 15.7. The summed E-state index contributed by atoms with van der Waals surface area (Å²) in [5.74, 6) is 0. The molecule has 5 heterocycles. The van der Waals surface area contributed by atoms with E-state index in [2.05, 4.69) is 340 Å². The third-order valence-electron chi connectivity index (χ3n) is 21.2. The number of thiophene rings is 1. The van der Waals surface area contributed by atoms with Crippen LogP contribution in [-0.4, -0.2) is 13.4 Å². The van der Waals surface area contributed by atoms with Gasteiger partial charge in [-0.05, 0) is 190 Å². The van der Waals surface area contributed by atoms with Gasteiger partial charge in [0.15, 0.2) is 0 Å². The minimum absolute atomic E-state index is 0.00430. The van der Waals surface area contributed by atoms with Crippen LogP contribution in [0.1, 0.15) is 183 Å². The summed E-state index contributed by atoms with van der Waals surface area (Å²) in [6, 6.07) is 72.7. The smallest absolute Gasteiger partial charge is 0.264 e. The topological polar surface area (TPSA) is 13.0 Å². The summed E-state index contributed by atoms with van der Waals surface area (Å²) in [6.07, 6.45) is 0. The number of nitrogens with zero attached hydrogens (tertiary/aromatic N) is 4. The molecule has 0 saturated carbocycles. The molecule has 1 aliphatic carbocycles. The van der Waals surface area contributed by atoms with E-state index in [1.165, 1.54) is 144 Å². The van der Waals surface area contributed by atoms with E-state index in [0.717, 1.165) is 11.4 Å². The Kier molecular flexibility index (Phi) is 13.1. The molecule has 4 aliphatic heterocycles. The summed E-state index contributed by atoms with van der Waals surface area (Å²) in [5, 5.41) is 1.31. The van der Waals surface area contributed by atoms with Crippen molar-refractivity contribution in [3.8, 4) is 0 Å². The minimum atomic E-state index is -0.359. The maximum atomic E-state index is 2.74. The Morgan fingerprint density at radius 1 is 0.337 bits per heavy atom. The fraction of sp³-hybridized carbons (Fsp3) is 0.318. The molecule has 0 saturated heterocycles. The summed E-state index contributed by atoms with van der Waals surface area (Å²) >= 11 is 2.00. The predicted molar refractivity (Wildman–Crippen MR) is 403 cm³/mol. The Morgan fingerprint density at radius 3 is 1.14 bits per heavy atom. The van der Waals surface area contributed by atoms with E-state index >= 15 is 0 Å². The van der Waals surface area contributed by atoms with E-state index in [-0.39, 0.29) is 51.3 Å². The molecule has 0 fully saturated rings. The number of allylic oxidation sites excluding steroid dienone is 1. The van der Waals surface area contributed by atoms with Crippen molar-refractivity contribution < 1.29 is 0 Å². The van der Waals surface area contributed by atoms with Gasteiger partial charge >= 0.3 is 0 Å². The van der Waals surface area contributed by atoms with Crippen LogP contribution < -0.4 is 46.2 Å². The zero-order valence-corrected chi connectivity index (χ0v) is 59.0. The lowest BCUT2D eigenvalue weighted by molar-refractivity contribution is 0.588. The van der Waals surface area contributed by atoms with Crippen molar-refractivity contribution in [2.45, 2.75) is 176 Å². The lowest BCUT2D eigenvalue weighted by Gasteiger charge is -2.48. The highest BCUT2D eigenvalue weighted by molar-refractivity contribution is 7.33. The first-order chi connectivity index (χ1) is 43.2. The first-order valence-corrected chi connectivity index (χ1v) is 34.5. The van der Waals surface area contributed by atoms with Gasteiger partial charge in [0.05, 0.1) is 5.69 Å². The zero-order valence-electron chi connectivity index (χ0n) is 58.2. The quantitative estimate of drug-likeness (QED) is 0.163. The molecule has 9 aromatic carbocycles. The summed E-state index contributed by atoms with van der Waals surface area (Å²) in [4.78, 5) is 10.6. The molecule has 15 rings (SSSR count). The Bertz CT molecular complexity index is 4710. The largest absolute Gasteiger partial charge is 0.311 e. The number of hydrogen-bond acceptors (Lipinski definition) is 5. The molecule has 0 unspecified atom stereocenters. The van der Waals surface area contributed by atoms with Gasteiger partial charge in [-0.25, -0.2) is 0 Å². The highest BCUT2D eigenvalue weighted by Gasteiger charge is 2.55. The van der Waals surface area contributed by atoms with E-state index in [1.807, 2.05) is 11.3 Å². The molecule has 0 spiro atoms. The van der Waals surface area contributed by atoms with Crippen LogP contribution in [0.4, 0.5) is 62.6 Å². The Balaban J connectivity index is 1.08. The summed E-state index contributed by atoms with van der Waals surface area (Å²) in [5.41, 5.74) is 31.7. The molecule has 0 atom stereocenters. The molecule has 0 radical (unpaired) electrons. The highest BCUT2D eigenvalue weighted by Crippen LogP contribution is 2.58. The first kappa shape index (κ1) is 60.3. The van der Waals surface area contributed by atoms with Gasteiger partial charge in [-0.2, -0.15) is 0 Å². The van der Waals surface area contributed by atoms with Crippen molar-refractivity contribution >= 4 is 130 Å².